The Balaban J connectivity index is 2.15. The van der Waals surface area contributed by atoms with Gasteiger partial charge in [-0.05, 0) is 56.3 Å². The Bertz CT molecular complexity index is 1020. The van der Waals surface area contributed by atoms with Crippen molar-refractivity contribution in [2.24, 2.45) is 0 Å². The minimum atomic E-state index is -0.762. The van der Waals surface area contributed by atoms with Crippen LogP contribution in [0.5, 0.6) is 5.75 Å². The Kier molecular flexibility index (Phi) is 6.81. The third-order valence-corrected chi connectivity index (χ3v) is 5.93. The first kappa shape index (κ1) is 22.6. The van der Waals surface area contributed by atoms with Crippen LogP contribution in [0.4, 0.5) is 0 Å². The van der Waals surface area contributed by atoms with Crippen LogP contribution in [-0.4, -0.2) is 57.9 Å². The number of carbonyl (C=O) groups is 2. The molecule has 0 radical (unpaired) electrons. The molecule has 164 valence electrons. The van der Waals surface area contributed by atoms with Crippen LogP contribution in [-0.2, 0) is 9.59 Å². The molecule has 0 aliphatic carbocycles. The molecule has 1 aliphatic heterocycles. The maximum atomic E-state index is 13.1. The topological polar surface area (TPSA) is 81.1 Å². The van der Waals surface area contributed by atoms with Gasteiger partial charge >= 0.3 is 0 Å². The fraction of sp³-hybridized carbons (Fsp3) is 0.360. The van der Waals surface area contributed by atoms with Gasteiger partial charge in [0.25, 0.3) is 11.7 Å². The highest BCUT2D eigenvalue weighted by Gasteiger charge is 2.46. The SMILES string of the molecule is CCN(CC)CCN1C(=O)C(=O)/C(=C(/O)c2cc(C)ccc2C)C1c1cccc(O)c1. The van der Waals surface area contributed by atoms with Gasteiger partial charge in [-0.1, -0.05) is 43.7 Å². The molecule has 0 aromatic heterocycles. The van der Waals surface area contributed by atoms with Crippen molar-refractivity contribution in [1.82, 2.24) is 9.80 Å². The Morgan fingerprint density at radius 3 is 2.42 bits per heavy atom. The number of likely N-dealkylation sites (tertiary alicyclic amines) is 1. The minimum Gasteiger partial charge on any atom is -0.508 e. The standard InChI is InChI=1S/C25H30N2O4/c1-5-26(6-2)12-13-27-22(18-8-7-9-19(28)15-18)21(24(30)25(27)31)23(29)20-14-16(3)10-11-17(20)4/h7-11,14-15,22,28-29H,5-6,12-13H2,1-4H3/b23-21+. The molecule has 1 fully saturated rings. The molecular weight excluding hydrogens is 392 g/mol. The second kappa shape index (κ2) is 9.35. The molecule has 6 nitrogen and oxygen atoms in total. The van der Waals surface area contributed by atoms with Gasteiger partial charge in [0.05, 0.1) is 11.6 Å². The van der Waals surface area contributed by atoms with Gasteiger partial charge in [0.15, 0.2) is 0 Å². The molecule has 1 atom stereocenters. The van der Waals surface area contributed by atoms with Crippen LogP contribution in [0.2, 0.25) is 0 Å². The molecule has 0 spiro atoms. The number of nitrogens with zero attached hydrogens (tertiary/aromatic N) is 2. The number of amides is 1. The minimum absolute atomic E-state index is 0.0403. The highest BCUT2D eigenvalue weighted by atomic mass is 16.3. The number of aliphatic hydroxyl groups excluding tert-OH is 1. The molecular formula is C25H30N2O4. The number of benzene rings is 2. The Morgan fingerprint density at radius 1 is 1.06 bits per heavy atom. The summed E-state index contributed by atoms with van der Waals surface area (Å²) < 4.78 is 0. The molecule has 2 aromatic carbocycles. The summed E-state index contributed by atoms with van der Waals surface area (Å²) in [6.45, 7) is 10.5. The van der Waals surface area contributed by atoms with Crippen LogP contribution in [0.25, 0.3) is 5.76 Å². The molecule has 1 amide bonds. The number of hydrogen-bond acceptors (Lipinski definition) is 5. The Hall–Kier alpha value is -3.12. The molecule has 31 heavy (non-hydrogen) atoms. The average Bonchev–Trinajstić information content (AvgIpc) is 3.00. The van der Waals surface area contributed by atoms with Gasteiger partial charge in [-0.2, -0.15) is 0 Å². The van der Waals surface area contributed by atoms with Crippen molar-refractivity contribution in [2.75, 3.05) is 26.2 Å². The normalized spacial score (nSPS) is 18.2. The maximum Gasteiger partial charge on any atom is 0.295 e. The van der Waals surface area contributed by atoms with Crippen LogP contribution in [0.1, 0.15) is 42.1 Å². The van der Waals surface area contributed by atoms with Gasteiger partial charge in [0.1, 0.15) is 11.5 Å². The van der Waals surface area contributed by atoms with E-state index >= 15 is 0 Å². The van der Waals surface area contributed by atoms with E-state index in [4.69, 9.17) is 0 Å². The van der Waals surface area contributed by atoms with E-state index in [-0.39, 0.29) is 17.1 Å². The smallest absolute Gasteiger partial charge is 0.295 e. The van der Waals surface area contributed by atoms with Crippen molar-refractivity contribution in [3.05, 3.63) is 70.3 Å². The first-order valence-corrected chi connectivity index (χ1v) is 10.7. The number of aromatic hydroxyl groups is 1. The van der Waals surface area contributed by atoms with Crippen molar-refractivity contribution in [3.63, 3.8) is 0 Å². The van der Waals surface area contributed by atoms with E-state index in [0.29, 0.717) is 24.2 Å². The van der Waals surface area contributed by atoms with E-state index in [9.17, 15) is 19.8 Å². The number of aryl methyl sites for hydroxylation is 2. The number of phenolic OH excluding ortho intramolecular Hbond substituents is 1. The Labute approximate surface area is 183 Å². The summed E-state index contributed by atoms with van der Waals surface area (Å²) in [6.07, 6.45) is 0. The third-order valence-electron chi connectivity index (χ3n) is 5.93. The summed E-state index contributed by atoms with van der Waals surface area (Å²) >= 11 is 0. The van der Waals surface area contributed by atoms with E-state index in [1.807, 2.05) is 45.9 Å². The molecule has 1 aliphatic rings. The fourth-order valence-electron chi connectivity index (χ4n) is 4.08. The predicted octanol–water partition coefficient (Wildman–Crippen LogP) is 3.77. The summed E-state index contributed by atoms with van der Waals surface area (Å²) in [7, 11) is 0. The zero-order valence-corrected chi connectivity index (χ0v) is 18.6. The highest BCUT2D eigenvalue weighted by molar-refractivity contribution is 6.46. The van der Waals surface area contributed by atoms with Crippen LogP contribution in [0.15, 0.2) is 48.0 Å². The average molecular weight is 423 g/mol. The molecule has 1 heterocycles. The summed E-state index contributed by atoms with van der Waals surface area (Å²) in [6, 6.07) is 11.4. The summed E-state index contributed by atoms with van der Waals surface area (Å²) in [5, 5.41) is 21.2. The number of Topliss-reactive ketones (excluding diaryl/α,β-unsaturated/α-hetero) is 1. The first-order valence-electron chi connectivity index (χ1n) is 10.7. The number of ketones is 1. The van der Waals surface area contributed by atoms with Gasteiger partial charge in [0.2, 0.25) is 0 Å². The number of phenols is 1. The second-order valence-electron chi connectivity index (χ2n) is 7.93. The van der Waals surface area contributed by atoms with Crippen LogP contribution in [0, 0.1) is 13.8 Å². The Morgan fingerprint density at radius 2 is 1.77 bits per heavy atom. The first-order chi connectivity index (χ1) is 14.8. The van der Waals surface area contributed by atoms with Crippen molar-refractivity contribution in [1.29, 1.82) is 0 Å². The van der Waals surface area contributed by atoms with Crippen LogP contribution in [0.3, 0.4) is 0 Å². The van der Waals surface area contributed by atoms with Crippen LogP contribution < -0.4 is 0 Å². The van der Waals surface area contributed by atoms with E-state index < -0.39 is 17.7 Å². The number of rotatable bonds is 7. The third kappa shape index (κ3) is 4.49. The molecule has 1 unspecified atom stereocenters. The van der Waals surface area contributed by atoms with Gasteiger partial charge in [-0.3, -0.25) is 9.59 Å². The molecule has 6 heteroatoms. The number of aliphatic hydroxyl groups is 1. The number of carbonyl (C=O) groups excluding carboxylic acids is 2. The lowest BCUT2D eigenvalue weighted by molar-refractivity contribution is -0.140. The zero-order chi connectivity index (χ0) is 22.7. The van der Waals surface area contributed by atoms with Crippen molar-refractivity contribution >= 4 is 17.4 Å². The van der Waals surface area contributed by atoms with Gasteiger partial charge < -0.3 is 20.0 Å². The van der Waals surface area contributed by atoms with E-state index in [2.05, 4.69) is 4.90 Å². The summed E-state index contributed by atoms with van der Waals surface area (Å²) in [5.74, 6) is -1.48. The number of hydrogen-bond donors (Lipinski definition) is 2. The van der Waals surface area contributed by atoms with Gasteiger partial charge in [-0.25, -0.2) is 0 Å². The fourth-order valence-corrected chi connectivity index (χ4v) is 4.08. The molecule has 2 N–H and O–H groups in total. The van der Waals surface area contributed by atoms with Crippen molar-refractivity contribution in [2.45, 2.75) is 33.7 Å². The van der Waals surface area contributed by atoms with Gasteiger partial charge in [0, 0.05) is 18.7 Å². The zero-order valence-electron chi connectivity index (χ0n) is 18.6. The number of likely N-dealkylation sites (N-methyl/N-ethyl adjacent to an activating group) is 1. The summed E-state index contributed by atoms with van der Waals surface area (Å²) in [4.78, 5) is 29.8. The predicted molar refractivity (Wildman–Crippen MR) is 121 cm³/mol. The second-order valence-corrected chi connectivity index (χ2v) is 7.93. The van der Waals surface area contributed by atoms with E-state index in [0.717, 1.165) is 24.2 Å². The highest BCUT2D eigenvalue weighted by Crippen LogP contribution is 2.40. The molecule has 0 saturated carbocycles. The van der Waals surface area contributed by atoms with E-state index in [1.165, 1.54) is 17.0 Å². The lowest BCUT2D eigenvalue weighted by Crippen LogP contribution is -2.38. The van der Waals surface area contributed by atoms with Crippen molar-refractivity contribution < 1.29 is 19.8 Å². The maximum absolute atomic E-state index is 13.1. The lowest BCUT2D eigenvalue weighted by atomic mass is 9.93. The van der Waals surface area contributed by atoms with Crippen molar-refractivity contribution in [3.8, 4) is 5.75 Å². The van der Waals surface area contributed by atoms with Gasteiger partial charge in [-0.15, -0.1) is 0 Å². The molecule has 3 rings (SSSR count). The summed E-state index contributed by atoms with van der Waals surface area (Å²) in [5.41, 5.74) is 2.94. The molecule has 0 bridgehead atoms. The molecule has 2 aromatic rings. The monoisotopic (exact) mass is 422 g/mol. The van der Waals surface area contributed by atoms with Crippen LogP contribution >= 0.6 is 0 Å². The molecule has 1 saturated heterocycles. The largest absolute Gasteiger partial charge is 0.508 e. The van der Waals surface area contributed by atoms with E-state index in [1.54, 1.807) is 12.1 Å². The quantitative estimate of drug-likeness (QED) is 0.403. The lowest BCUT2D eigenvalue weighted by Gasteiger charge is -2.28.